The monoisotopic (exact) mass is 199 g/mol. The normalized spacial score (nSPS) is 21.5. The minimum absolute atomic E-state index is 0.484. The standard InChI is InChI=1S/C14H17N/c1-10-8-9-13(11(2)14(10)15)12-6-4-3-5-7-12/h3-7,9-10H,8,15H2,1-2H3. The number of rotatable bonds is 1. The number of allylic oxidation sites excluding steroid dienone is 4. The van der Waals surface area contributed by atoms with Crippen molar-refractivity contribution in [1.82, 2.24) is 0 Å². The van der Waals surface area contributed by atoms with Gasteiger partial charge in [0, 0.05) is 5.70 Å². The van der Waals surface area contributed by atoms with E-state index in [2.05, 4.69) is 44.2 Å². The zero-order chi connectivity index (χ0) is 10.8. The van der Waals surface area contributed by atoms with Gasteiger partial charge in [-0.15, -0.1) is 0 Å². The minimum Gasteiger partial charge on any atom is -0.402 e. The summed E-state index contributed by atoms with van der Waals surface area (Å²) >= 11 is 0. The molecule has 0 saturated heterocycles. The lowest BCUT2D eigenvalue weighted by Gasteiger charge is -2.22. The second-order valence-corrected chi connectivity index (χ2v) is 4.20. The van der Waals surface area contributed by atoms with Gasteiger partial charge < -0.3 is 5.73 Å². The topological polar surface area (TPSA) is 26.0 Å². The van der Waals surface area contributed by atoms with E-state index in [4.69, 9.17) is 5.73 Å². The molecule has 0 bridgehead atoms. The van der Waals surface area contributed by atoms with E-state index in [1.807, 2.05) is 6.07 Å². The van der Waals surface area contributed by atoms with Gasteiger partial charge in [0.1, 0.15) is 0 Å². The zero-order valence-corrected chi connectivity index (χ0v) is 9.33. The second-order valence-electron chi connectivity index (χ2n) is 4.20. The Morgan fingerprint density at radius 1 is 1.20 bits per heavy atom. The first-order chi connectivity index (χ1) is 7.20. The Kier molecular flexibility index (Phi) is 2.63. The Bertz CT molecular complexity index is 412. The number of hydrogen-bond donors (Lipinski definition) is 1. The zero-order valence-electron chi connectivity index (χ0n) is 9.33. The minimum atomic E-state index is 0.484. The second kappa shape index (κ2) is 3.93. The SMILES string of the molecule is CC1=C(N)C(C)CC=C1c1ccccc1. The number of nitrogens with two attached hydrogens (primary N) is 1. The first kappa shape index (κ1) is 10.0. The summed E-state index contributed by atoms with van der Waals surface area (Å²) in [5.74, 6) is 0.484. The molecule has 1 aromatic rings. The van der Waals surface area contributed by atoms with Crippen LogP contribution in [0.25, 0.3) is 5.57 Å². The summed E-state index contributed by atoms with van der Waals surface area (Å²) in [6.07, 6.45) is 3.35. The van der Waals surface area contributed by atoms with Gasteiger partial charge in [-0.1, -0.05) is 43.3 Å². The Morgan fingerprint density at radius 3 is 2.53 bits per heavy atom. The molecule has 0 spiro atoms. The van der Waals surface area contributed by atoms with Crippen LogP contribution in [0, 0.1) is 5.92 Å². The average Bonchev–Trinajstić information content (AvgIpc) is 2.27. The van der Waals surface area contributed by atoms with Crippen molar-refractivity contribution in [2.45, 2.75) is 20.3 Å². The van der Waals surface area contributed by atoms with Crippen molar-refractivity contribution in [2.24, 2.45) is 11.7 Å². The summed E-state index contributed by atoms with van der Waals surface area (Å²) < 4.78 is 0. The molecule has 0 heterocycles. The molecule has 0 aliphatic heterocycles. The fourth-order valence-corrected chi connectivity index (χ4v) is 2.05. The Labute approximate surface area is 91.3 Å². The fourth-order valence-electron chi connectivity index (χ4n) is 2.05. The van der Waals surface area contributed by atoms with Gasteiger partial charge in [0.05, 0.1) is 0 Å². The summed E-state index contributed by atoms with van der Waals surface area (Å²) in [6, 6.07) is 10.4. The predicted molar refractivity (Wildman–Crippen MR) is 65.1 cm³/mol. The van der Waals surface area contributed by atoms with Crippen LogP contribution < -0.4 is 5.73 Å². The molecule has 0 aromatic heterocycles. The summed E-state index contributed by atoms with van der Waals surface area (Å²) in [4.78, 5) is 0. The fraction of sp³-hybridized carbons (Fsp3) is 0.286. The molecule has 1 aliphatic carbocycles. The molecule has 0 fully saturated rings. The molecule has 15 heavy (non-hydrogen) atoms. The van der Waals surface area contributed by atoms with Crippen molar-refractivity contribution in [3.63, 3.8) is 0 Å². The molecule has 2 rings (SSSR count). The lowest BCUT2D eigenvalue weighted by atomic mass is 9.86. The molecule has 1 aliphatic rings. The maximum Gasteiger partial charge on any atom is 0.0148 e. The van der Waals surface area contributed by atoms with E-state index >= 15 is 0 Å². The smallest absolute Gasteiger partial charge is 0.0148 e. The predicted octanol–water partition coefficient (Wildman–Crippen LogP) is 3.34. The van der Waals surface area contributed by atoms with Crippen LogP contribution >= 0.6 is 0 Å². The van der Waals surface area contributed by atoms with Crippen LogP contribution in [0.3, 0.4) is 0 Å². The van der Waals surface area contributed by atoms with E-state index in [0.717, 1.165) is 12.1 Å². The van der Waals surface area contributed by atoms with Gasteiger partial charge in [-0.05, 0) is 36.0 Å². The maximum atomic E-state index is 6.09. The third-order valence-electron chi connectivity index (χ3n) is 3.13. The first-order valence-electron chi connectivity index (χ1n) is 5.42. The summed E-state index contributed by atoms with van der Waals surface area (Å²) in [7, 11) is 0. The van der Waals surface area contributed by atoms with Gasteiger partial charge in [0.15, 0.2) is 0 Å². The molecule has 1 aromatic carbocycles. The molecule has 78 valence electrons. The molecule has 1 nitrogen and oxygen atoms in total. The van der Waals surface area contributed by atoms with Crippen molar-refractivity contribution in [2.75, 3.05) is 0 Å². The summed E-state index contributed by atoms with van der Waals surface area (Å²) in [6.45, 7) is 4.29. The molecule has 2 N–H and O–H groups in total. The lowest BCUT2D eigenvalue weighted by molar-refractivity contribution is 0.671. The summed E-state index contributed by atoms with van der Waals surface area (Å²) in [5.41, 5.74) is 10.9. The molecule has 0 radical (unpaired) electrons. The highest BCUT2D eigenvalue weighted by atomic mass is 14.6. The third kappa shape index (κ3) is 1.82. The van der Waals surface area contributed by atoms with E-state index in [1.165, 1.54) is 16.7 Å². The van der Waals surface area contributed by atoms with Gasteiger partial charge in [-0.3, -0.25) is 0 Å². The highest BCUT2D eigenvalue weighted by Gasteiger charge is 2.16. The molecule has 0 amide bonds. The maximum absolute atomic E-state index is 6.09. The molecule has 1 heteroatoms. The summed E-state index contributed by atoms with van der Waals surface area (Å²) in [5, 5.41) is 0. The highest BCUT2D eigenvalue weighted by Crippen LogP contribution is 2.32. The van der Waals surface area contributed by atoms with Gasteiger partial charge >= 0.3 is 0 Å². The van der Waals surface area contributed by atoms with E-state index in [0.29, 0.717) is 5.92 Å². The van der Waals surface area contributed by atoms with Crippen LogP contribution in [0.4, 0.5) is 0 Å². The largest absolute Gasteiger partial charge is 0.402 e. The van der Waals surface area contributed by atoms with Crippen molar-refractivity contribution in [3.8, 4) is 0 Å². The Hall–Kier alpha value is -1.50. The van der Waals surface area contributed by atoms with Crippen LogP contribution in [0.5, 0.6) is 0 Å². The third-order valence-corrected chi connectivity index (χ3v) is 3.13. The van der Waals surface area contributed by atoms with Crippen molar-refractivity contribution < 1.29 is 0 Å². The van der Waals surface area contributed by atoms with Crippen LogP contribution in [0.1, 0.15) is 25.8 Å². The quantitative estimate of drug-likeness (QED) is 0.737. The average molecular weight is 199 g/mol. The molecular formula is C14H17N. The van der Waals surface area contributed by atoms with Gasteiger partial charge in [-0.25, -0.2) is 0 Å². The molecule has 1 atom stereocenters. The van der Waals surface area contributed by atoms with E-state index < -0.39 is 0 Å². The van der Waals surface area contributed by atoms with Crippen molar-refractivity contribution in [1.29, 1.82) is 0 Å². The van der Waals surface area contributed by atoms with Crippen LogP contribution in [0.15, 0.2) is 47.7 Å². The molecular weight excluding hydrogens is 182 g/mol. The first-order valence-corrected chi connectivity index (χ1v) is 5.42. The van der Waals surface area contributed by atoms with Crippen molar-refractivity contribution >= 4 is 5.57 Å². The van der Waals surface area contributed by atoms with Crippen LogP contribution in [-0.4, -0.2) is 0 Å². The number of benzene rings is 1. The Balaban J connectivity index is 2.41. The Morgan fingerprint density at radius 2 is 1.87 bits per heavy atom. The number of hydrogen-bond acceptors (Lipinski definition) is 1. The molecule has 1 unspecified atom stereocenters. The van der Waals surface area contributed by atoms with Crippen molar-refractivity contribution in [3.05, 3.63) is 53.2 Å². The van der Waals surface area contributed by atoms with Crippen LogP contribution in [0.2, 0.25) is 0 Å². The molecule has 0 saturated carbocycles. The highest BCUT2D eigenvalue weighted by molar-refractivity contribution is 5.80. The van der Waals surface area contributed by atoms with E-state index in [-0.39, 0.29) is 0 Å². The van der Waals surface area contributed by atoms with E-state index in [1.54, 1.807) is 0 Å². The van der Waals surface area contributed by atoms with Gasteiger partial charge in [0.2, 0.25) is 0 Å². The lowest BCUT2D eigenvalue weighted by Crippen LogP contribution is -2.14. The van der Waals surface area contributed by atoms with Crippen LogP contribution in [-0.2, 0) is 0 Å². The van der Waals surface area contributed by atoms with Gasteiger partial charge in [0.25, 0.3) is 0 Å². The van der Waals surface area contributed by atoms with Gasteiger partial charge in [-0.2, -0.15) is 0 Å². The van der Waals surface area contributed by atoms with E-state index in [9.17, 15) is 0 Å².